The fraction of sp³-hybridized carbons (Fsp3) is 0.292. The van der Waals surface area contributed by atoms with Gasteiger partial charge in [-0.25, -0.2) is 14.5 Å². The van der Waals surface area contributed by atoms with E-state index < -0.39 is 7.82 Å². The van der Waals surface area contributed by atoms with Crippen LogP contribution in [0.2, 0.25) is 0 Å². The molecule has 196 valence electrons. The van der Waals surface area contributed by atoms with Gasteiger partial charge in [0.1, 0.15) is 11.3 Å². The average molecular weight is 639 g/mol. The van der Waals surface area contributed by atoms with E-state index in [-0.39, 0.29) is 29.8 Å². The number of nitrogen functional groups attached to an aromatic ring is 1. The number of carbonyl (C=O) groups is 1. The number of benzene rings is 2. The molecule has 37 heavy (non-hydrogen) atoms. The van der Waals surface area contributed by atoms with E-state index in [2.05, 4.69) is 17.2 Å². The molecule has 0 fully saturated rings. The first-order valence-corrected chi connectivity index (χ1v) is 14.6. The molecule has 4 aromatic rings. The van der Waals surface area contributed by atoms with Crippen LogP contribution in [0.15, 0.2) is 36.4 Å². The van der Waals surface area contributed by atoms with Gasteiger partial charge < -0.3 is 25.2 Å². The number of rotatable bonds is 10. The number of phosphoric acid groups is 1. The van der Waals surface area contributed by atoms with Crippen molar-refractivity contribution in [1.82, 2.24) is 19.9 Å². The van der Waals surface area contributed by atoms with Crippen LogP contribution >= 0.6 is 30.4 Å². The normalized spacial score (nSPS) is 11.8. The number of alkyl halides is 1. The quantitative estimate of drug-likeness (QED) is 0.0984. The van der Waals surface area contributed by atoms with Crippen molar-refractivity contribution in [3.8, 4) is 11.5 Å². The number of halogens is 1. The van der Waals surface area contributed by atoms with Crippen molar-refractivity contribution in [3.63, 3.8) is 0 Å². The first-order valence-electron chi connectivity index (χ1n) is 11.6. The van der Waals surface area contributed by atoms with E-state index in [1.807, 2.05) is 45.4 Å². The van der Waals surface area contributed by atoms with E-state index in [1.54, 1.807) is 12.1 Å². The molecule has 2 heterocycles. The molecule has 0 unspecified atom stereocenters. The fourth-order valence-electron chi connectivity index (χ4n) is 4.15. The van der Waals surface area contributed by atoms with Crippen LogP contribution in [0, 0.1) is 0 Å². The van der Waals surface area contributed by atoms with Crippen molar-refractivity contribution in [2.75, 3.05) is 10.2 Å². The number of nitrogens with two attached hydrogens (primary N) is 1. The largest absolute Gasteiger partial charge is 0.524 e. The van der Waals surface area contributed by atoms with Crippen molar-refractivity contribution in [1.29, 1.82) is 0 Å². The number of pyridine rings is 1. The fourth-order valence-corrected chi connectivity index (χ4v) is 4.87. The molecule has 0 radical (unpaired) electrons. The molecule has 6 N–H and O–H groups in total. The van der Waals surface area contributed by atoms with Gasteiger partial charge in [0.05, 0.1) is 22.0 Å². The number of aromatic nitrogens is 3. The van der Waals surface area contributed by atoms with Gasteiger partial charge in [0.15, 0.2) is 17.3 Å². The summed E-state index contributed by atoms with van der Waals surface area (Å²) in [4.78, 5) is 39.9. The summed E-state index contributed by atoms with van der Waals surface area (Å²) in [5.41, 5.74) is 9.37. The number of phosphoric ester groups is 1. The Hall–Kier alpha value is -2.93. The van der Waals surface area contributed by atoms with Crippen molar-refractivity contribution in [2.24, 2.45) is 0 Å². The molecule has 4 rings (SSSR count). The average Bonchev–Trinajstić information content (AvgIpc) is 3.21. The minimum Gasteiger partial charge on any atom is -0.504 e. The number of para-hydroxylation sites is 1. The predicted molar refractivity (Wildman–Crippen MR) is 149 cm³/mol. The third-order valence-corrected chi connectivity index (χ3v) is 6.94. The number of hydrogen-bond acceptors (Lipinski definition) is 7. The number of phenols is 1. The number of carbonyl (C=O) groups excluding carboxylic acids is 1. The van der Waals surface area contributed by atoms with Crippen molar-refractivity contribution < 1.29 is 28.8 Å². The second-order valence-corrected chi connectivity index (χ2v) is 10.4. The summed E-state index contributed by atoms with van der Waals surface area (Å²) in [6.45, 7) is 2.51. The monoisotopic (exact) mass is 639 g/mol. The molecule has 11 nitrogen and oxygen atoms in total. The van der Waals surface area contributed by atoms with Crippen molar-refractivity contribution >= 4 is 64.1 Å². The van der Waals surface area contributed by atoms with Crippen LogP contribution < -0.4 is 15.6 Å². The van der Waals surface area contributed by atoms with Crippen LogP contribution in [0.4, 0.5) is 5.82 Å². The Labute approximate surface area is 226 Å². The number of nitrogens with zero attached hydrogens (tertiary/aromatic N) is 3. The van der Waals surface area contributed by atoms with Crippen LogP contribution in [-0.4, -0.2) is 39.8 Å². The summed E-state index contributed by atoms with van der Waals surface area (Å²) in [6, 6.07) is 10.1. The highest BCUT2D eigenvalue weighted by Gasteiger charge is 2.24. The number of nitrogens with one attached hydrogen (secondary N) is 1. The summed E-state index contributed by atoms with van der Waals surface area (Å²) in [5.74, 6) is 0.210. The van der Waals surface area contributed by atoms with E-state index in [9.17, 15) is 24.3 Å². The van der Waals surface area contributed by atoms with Gasteiger partial charge in [-0.05, 0) is 30.2 Å². The highest BCUT2D eigenvalue weighted by Crippen LogP contribution is 2.44. The van der Waals surface area contributed by atoms with Gasteiger partial charge in [0, 0.05) is 23.9 Å². The maximum Gasteiger partial charge on any atom is 0.524 e. The van der Waals surface area contributed by atoms with Crippen LogP contribution in [0.1, 0.15) is 36.7 Å². The summed E-state index contributed by atoms with van der Waals surface area (Å²) in [5, 5.41) is 14.0. The standard InChI is InChI=1S/C24H27IN5O6P/c1-2-3-7-19-29-21-22(30(19)13-15-5-4-6-18(31)23(15)36-37(33,34)35)16-10-14(12-27-20(32)11-25)8-9-17(16)28-24(21)26/h4-6,8-10,31H,2-3,7,11-13H2,1H3,(H2,26,28)(H,27,32)(H2,33,34,35). The molecule has 0 aliphatic rings. The number of aromatic hydroxyl groups is 1. The molecule has 0 bridgehead atoms. The predicted octanol–water partition coefficient (Wildman–Crippen LogP) is 3.79. The molecule has 0 atom stereocenters. The molecular formula is C24H27IN5O6P. The van der Waals surface area contributed by atoms with Crippen LogP contribution in [0.5, 0.6) is 11.5 Å². The lowest BCUT2D eigenvalue weighted by molar-refractivity contribution is -0.118. The van der Waals surface area contributed by atoms with E-state index in [4.69, 9.17) is 15.2 Å². The third kappa shape index (κ3) is 6.15. The first-order chi connectivity index (χ1) is 17.6. The molecule has 13 heteroatoms. The minimum atomic E-state index is -4.93. The Morgan fingerprint density at radius 2 is 2.03 bits per heavy atom. The highest BCUT2D eigenvalue weighted by atomic mass is 127. The zero-order valence-corrected chi connectivity index (χ0v) is 23.1. The first kappa shape index (κ1) is 27.1. The molecule has 0 aliphatic carbocycles. The van der Waals surface area contributed by atoms with Gasteiger partial charge in [0.2, 0.25) is 5.91 Å². The molecule has 0 aliphatic heterocycles. The maximum atomic E-state index is 11.8. The molecule has 0 saturated carbocycles. The van der Waals surface area contributed by atoms with Crippen LogP contribution in [0.3, 0.4) is 0 Å². The second-order valence-electron chi connectivity index (χ2n) is 8.52. The van der Waals surface area contributed by atoms with Gasteiger partial charge in [-0.15, -0.1) is 0 Å². The van der Waals surface area contributed by atoms with E-state index >= 15 is 0 Å². The van der Waals surface area contributed by atoms with E-state index in [0.717, 1.165) is 23.8 Å². The zero-order chi connectivity index (χ0) is 26.7. The Morgan fingerprint density at radius 1 is 1.24 bits per heavy atom. The van der Waals surface area contributed by atoms with Gasteiger partial charge >= 0.3 is 7.82 Å². The van der Waals surface area contributed by atoms with Gasteiger partial charge in [-0.1, -0.05) is 54.1 Å². The number of amides is 1. The Bertz CT molecular complexity index is 1520. The van der Waals surface area contributed by atoms with Crippen molar-refractivity contribution in [2.45, 2.75) is 39.3 Å². The maximum absolute atomic E-state index is 11.8. The lowest BCUT2D eigenvalue weighted by Gasteiger charge is -2.16. The lowest BCUT2D eigenvalue weighted by atomic mass is 10.1. The molecule has 0 saturated heterocycles. The number of fused-ring (bicyclic) bond motifs is 3. The summed E-state index contributed by atoms with van der Waals surface area (Å²) in [7, 11) is -4.93. The smallest absolute Gasteiger partial charge is 0.504 e. The van der Waals surface area contributed by atoms with Crippen molar-refractivity contribution in [3.05, 3.63) is 53.3 Å². The van der Waals surface area contributed by atoms with Gasteiger partial charge in [-0.2, -0.15) is 0 Å². The Kier molecular flexibility index (Phi) is 8.22. The number of imidazole rings is 1. The number of hydrogen-bond donors (Lipinski definition) is 5. The number of anilines is 1. The topological polar surface area (TPSA) is 173 Å². The highest BCUT2D eigenvalue weighted by molar-refractivity contribution is 14.1. The SMILES string of the molecule is CCCCc1nc2c(N)nc3ccc(CNC(=O)CI)cc3c2n1Cc1cccc(O)c1OP(=O)(O)O. The summed E-state index contributed by atoms with van der Waals surface area (Å²) >= 11 is 2.00. The molecule has 0 spiro atoms. The lowest BCUT2D eigenvalue weighted by Crippen LogP contribution is -2.23. The van der Waals surface area contributed by atoms with E-state index in [0.29, 0.717) is 45.3 Å². The van der Waals surface area contributed by atoms with Crippen LogP contribution in [-0.2, 0) is 28.9 Å². The minimum absolute atomic E-state index is 0.0744. The van der Waals surface area contributed by atoms with Crippen LogP contribution in [0.25, 0.3) is 21.9 Å². The molecule has 2 aromatic carbocycles. The molecule has 2 aromatic heterocycles. The Morgan fingerprint density at radius 3 is 2.73 bits per heavy atom. The van der Waals surface area contributed by atoms with E-state index in [1.165, 1.54) is 6.07 Å². The Balaban J connectivity index is 1.92. The zero-order valence-electron chi connectivity index (χ0n) is 20.0. The molecule has 1 amide bonds. The summed E-state index contributed by atoms with van der Waals surface area (Å²) in [6.07, 6.45) is 2.41. The van der Waals surface area contributed by atoms with Gasteiger partial charge in [-0.3, -0.25) is 14.6 Å². The third-order valence-electron chi connectivity index (χ3n) is 5.83. The summed E-state index contributed by atoms with van der Waals surface area (Å²) < 4.78 is 18.7. The second kappa shape index (κ2) is 11.2. The van der Waals surface area contributed by atoms with Gasteiger partial charge in [0.25, 0.3) is 0 Å². The number of phenolic OH excluding ortho intramolecular Hbond substituents is 1. The number of aryl methyl sites for hydroxylation is 1. The molecular weight excluding hydrogens is 612 g/mol. The number of unbranched alkanes of at least 4 members (excludes halogenated alkanes) is 1.